The minimum Gasteiger partial charge on any atom is -0.465 e. The molecular weight excluding hydrogens is 252 g/mol. The Kier molecular flexibility index (Phi) is 6.73. The molecule has 2 unspecified atom stereocenters. The van der Waals surface area contributed by atoms with Crippen LogP contribution in [0.15, 0.2) is 24.3 Å². The third-order valence-electron chi connectivity index (χ3n) is 3.26. The van der Waals surface area contributed by atoms with E-state index in [2.05, 4.69) is 26.0 Å². The summed E-state index contributed by atoms with van der Waals surface area (Å²) in [6.07, 6.45) is 1.09. The zero-order valence-corrected chi connectivity index (χ0v) is 12.9. The Labute approximate surface area is 122 Å². The van der Waals surface area contributed by atoms with Crippen LogP contribution in [0, 0.1) is 5.92 Å². The molecule has 0 aromatic heterocycles. The molecule has 3 nitrogen and oxygen atoms in total. The normalized spacial score (nSPS) is 14.1. The van der Waals surface area contributed by atoms with Crippen molar-refractivity contribution < 1.29 is 14.6 Å². The minimum atomic E-state index is -0.437. The largest absolute Gasteiger partial charge is 0.465 e. The topological polar surface area (TPSA) is 46.5 Å². The van der Waals surface area contributed by atoms with Crippen LogP contribution in [0.1, 0.15) is 51.2 Å². The number of esters is 1. The fraction of sp³-hybridized carbons (Fsp3) is 0.588. The summed E-state index contributed by atoms with van der Waals surface area (Å²) in [5.41, 5.74) is 2.26. The Morgan fingerprint density at radius 2 is 1.75 bits per heavy atom. The molecule has 0 aliphatic carbocycles. The number of ether oxygens (including phenoxy) is 1. The monoisotopic (exact) mass is 278 g/mol. The summed E-state index contributed by atoms with van der Waals surface area (Å²) in [5.74, 6) is 0.128. The molecule has 0 saturated carbocycles. The first kappa shape index (κ1) is 16.7. The second kappa shape index (κ2) is 8.05. The van der Waals surface area contributed by atoms with Gasteiger partial charge in [-0.3, -0.25) is 4.79 Å². The third-order valence-corrected chi connectivity index (χ3v) is 3.26. The molecule has 3 heteroatoms. The zero-order chi connectivity index (χ0) is 15.1. The zero-order valence-electron chi connectivity index (χ0n) is 12.9. The fourth-order valence-corrected chi connectivity index (χ4v) is 2.00. The van der Waals surface area contributed by atoms with Gasteiger partial charge in [-0.25, -0.2) is 0 Å². The van der Waals surface area contributed by atoms with Crippen LogP contribution in [-0.4, -0.2) is 23.8 Å². The SMILES string of the molecule is CC(C)Cc1ccc(C(C)C(=O)OCCC(C)O)cc1. The van der Waals surface area contributed by atoms with Crippen LogP contribution in [0.5, 0.6) is 0 Å². The van der Waals surface area contributed by atoms with Crippen LogP contribution in [0.3, 0.4) is 0 Å². The number of rotatable bonds is 7. The maximum Gasteiger partial charge on any atom is 0.313 e. The van der Waals surface area contributed by atoms with E-state index in [9.17, 15) is 4.79 Å². The highest BCUT2D eigenvalue weighted by Crippen LogP contribution is 2.19. The number of aliphatic hydroxyl groups excluding tert-OH is 1. The van der Waals surface area contributed by atoms with E-state index in [-0.39, 0.29) is 18.5 Å². The molecule has 112 valence electrons. The van der Waals surface area contributed by atoms with Gasteiger partial charge in [-0.15, -0.1) is 0 Å². The van der Waals surface area contributed by atoms with Gasteiger partial charge in [0.25, 0.3) is 0 Å². The summed E-state index contributed by atoms with van der Waals surface area (Å²) in [6.45, 7) is 8.19. The molecular formula is C17H26O3. The van der Waals surface area contributed by atoms with Gasteiger partial charge in [-0.05, 0) is 37.3 Å². The molecule has 0 heterocycles. The van der Waals surface area contributed by atoms with Crippen molar-refractivity contribution in [3.63, 3.8) is 0 Å². The lowest BCUT2D eigenvalue weighted by Crippen LogP contribution is -2.16. The van der Waals surface area contributed by atoms with Crippen molar-refractivity contribution in [1.29, 1.82) is 0 Å². The molecule has 0 aliphatic rings. The molecule has 0 spiro atoms. The summed E-state index contributed by atoms with van der Waals surface area (Å²) in [6, 6.07) is 8.15. The van der Waals surface area contributed by atoms with E-state index in [1.165, 1.54) is 5.56 Å². The van der Waals surface area contributed by atoms with Gasteiger partial charge >= 0.3 is 5.97 Å². The van der Waals surface area contributed by atoms with Crippen molar-refractivity contribution in [3.05, 3.63) is 35.4 Å². The van der Waals surface area contributed by atoms with Crippen LogP contribution in [-0.2, 0) is 16.0 Å². The Hall–Kier alpha value is -1.35. The highest BCUT2D eigenvalue weighted by Gasteiger charge is 2.16. The van der Waals surface area contributed by atoms with Gasteiger partial charge in [0, 0.05) is 6.42 Å². The molecule has 20 heavy (non-hydrogen) atoms. The van der Waals surface area contributed by atoms with Crippen LogP contribution in [0.25, 0.3) is 0 Å². The quantitative estimate of drug-likeness (QED) is 0.778. The van der Waals surface area contributed by atoms with Crippen LogP contribution >= 0.6 is 0 Å². The molecule has 1 rings (SSSR count). The van der Waals surface area contributed by atoms with E-state index in [0.717, 1.165) is 12.0 Å². The standard InChI is InChI=1S/C17H26O3/c1-12(2)11-15-5-7-16(8-6-15)14(4)17(19)20-10-9-13(3)18/h5-8,12-14,18H,9-11H2,1-4H3. The van der Waals surface area contributed by atoms with Crippen molar-refractivity contribution in [2.45, 2.75) is 52.6 Å². The van der Waals surface area contributed by atoms with Crippen molar-refractivity contribution in [1.82, 2.24) is 0 Å². The van der Waals surface area contributed by atoms with Gasteiger partial charge in [0.2, 0.25) is 0 Å². The van der Waals surface area contributed by atoms with Crippen molar-refractivity contribution in [2.75, 3.05) is 6.61 Å². The van der Waals surface area contributed by atoms with Gasteiger partial charge in [-0.1, -0.05) is 38.1 Å². The second-order valence-corrected chi connectivity index (χ2v) is 5.87. The number of carbonyl (C=O) groups is 1. The Morgan fingerprint density at radius 3 is 2.25 bits per heavy atom. The van der Waals surface area contributed by atoms with Crippen molar-refractivity contribution in [3.8, 4) is 0 Å². The highest BCUT2D eigenvalue weighted by atomic mass is 16.5. The second-order valence-electron chi connectivity index (χ2n) is 5.87. The maximum absolute atomic E-state index is 11.9. The number of hydrogen-bond acceptors (Lipinski definition) is 3. The first-order valence-corrected chi connectivity index (χ1v) is 7.33. The van der Waals surface area contributed by atoms with E-state index in [1.54, 1.807) is 6.92 Å². The van der Waals surface area contributed by atoms with Crippen molar-refractivity contribution in [2.24, 2.45) is 5.92 Å². The maximum atomic E-state index is 11.9. The van der Waals surface area contributed by atoms with Gasteiger partial charge in [0.1, 0.15) is 0 Å². The molecule has 1 aromatic rings. The minimum absolute atomic E-state index is 0.234. The molecule has 0 fully saturated rings. The summed E-state index contributed by atoms with van der Waals surface area (Å²) < 4.78 is 5.16. The summed E-state index contributed by atoms with van der Waals surface area (Å²) in [7, 11) is 0. The highest BCUT2D eigenvalue weighted by molar-refractivity contribution is 5.77. The predicted molar refractivity (Wildman–Crippen MR) is 80.7 cm³/mol. The third kappa shape index (κ3) is 5.74. The first-order valence-electron chi connectivity index (χ1n) is 7.33. The summed E-state index contributed by atoms with van der Waals surface area (Å²) in [4.78, 5) is 11.9. The summed E-state index contributed by atoms with van der Waals surface area (Å²) >= 11 is 0. The molecule has 0 saturated heterocycles. The van der Waals surface area contributed by atoms with Crippen LogP contribution in [0.4, 0.5) is 0 Å². The molecule has 0 bridgehead atoms. The van der Waals surface area contributed by atoms with Gasteiger partial charge in [0.05, 0.1) is 18.6 Å². The number of carbonyl (C=O) groups excluding carboxylic acids is 1. The van der Waals surface area contributed by atoms with E-state index in [1.807, 2.05) is 19.1 Å². The Balaban J connectivity index is 2.53. The predicted octanol–water partition coefficient (Wildman–Crippen LogP) is 3.30. The molecule has 0 amide bonds. The molecule has 0 aliphatic heterocycles. The Bertz CT molecular complexity index is 407. The molecule has 1 N–H and O–H groups in total. The van der Waals surface area contributed by atoms with E-state index in [4.69, 9.17) is 9.84 Å². The number of hydrogen-bond donors (Lipinski definition) is 1. The van der Waals surface area contributed by atoms with Gasteiger partial charge in [-0.2, -0.15) is 0 Å². The van der Waals surface area contributed by atoms with E-state index >= 15 is 0 Å². The van der Waals surface area contributed by atoms with Gasteiger partial charge < -0.3 is 9.84 Å². The van der Waals surface area contributed by atoms with E-state index in [0.29, 0.717) is 12.3 Å². The lowest BCUT2D eigenvalue weighted by Gasteiger charge is -2.13. The number of benzene rings is 1. The number of aliphatic hydroxyl groups is 1. The summed E-state index contributed by atoms with van der Waals surface area (Å²) in [5, 5.41) is 9.13. The molecule has 1 aromatic carbocycles. The first-order chi connectivity index (χ1) is 9.40. The Morgan fingerprint density at radius 1 is 1.15 bits per heavy atom. The molecule has 2 atom stereocenters. The smallest absolute Gasteiger partial charge is 0.313 e. The molecule has 0 radical (unpaired) electrons. The van der Waals surface area contributed by atoms with Crippen molar-refractivity contribution >= 4 is 5.97 Å². The van der Waals surface area contributed by atoms with E-state index < -0.39 is 6.10 Å². The lowest BCUT2D eigenvalue weighted by molar-refractivity contribution is -0.145. The lowest BCUT2D eigenvalue weighted by atomic mass is 9.97. The average Bonchev–Trinajstić information content (AvgIpc) is 2.37. The fourth-order valence-electron chi connectivity index (χ4n) is 2.00. The van der Waals surface area contributed by atoms with Crippen LogP contribution < -0.4 is 0 Å². The van der Waals surface area contributed by atoms with Gasteiger partial charge in [0.15, 0.2) is 0 Å². The van der Waals surface area contributed by atoms with Crippen LogP contribution in [0.2, 0.25) is 0 Å². The average molecular weight is 278 g/mol.